The summed E-state index contributed by atoms with van der Waals surface area (Å²) in [6.07, 6.45) is 1.91. The van der Waals surface area contributed by atoms with Crippen LogP contribution in [-0.2, 0) is 6.54 Å². The van der Waals surface area contributed by atoms with Crippen LogP contribution in [0.4, 0.5) is 10.2 Å². The number of likely N-dealkylation sites (N-methyl/N-ethyl adjacent to an activating group) is 1. The van der Waals surface area contributed by atoms with E-state index in [1.54, 1.807) is 26.1 Å². The number of hydrogen-bond donors (Lipinski definition) is 2. The van der Waals surface area contributed by atoms with Gasteiger partial charge in [0.2, 0.25) is 0 Å². The summed E-state index contributed by atoms with van der Waals surface area (Å²) < 4.78 is 13.8. The second-order valence-corrected chi connectivity index (χ2v) is 7.62. The third-order valence-electron chi connectivity index (χ3n) is 5.37. The summed E-state index contributed by atoms with van der Waals surface area (Å²) in [7, 11) is 3.88. The van der Waals surface area contributed by atoms with E-state index in [2.05, 4.69) is 49.6 Å². The lowest BCUT2D eigenvalue weighted by atomic mass is 10.1. The average molecular weight is 399 g/mol. The Balaban J connectivity index is 1.53. The molecule has 2 aromatic rings. The molecule has 0 aliphatic carbocycles. The fourth-order valence-electron chi connectivity index (χ4n) is 3.29. The molecular weight excluding hydrogens is 367 g/mol. The summed E-state index contributed by atoms with van der Waals surface area (Å²) in [5.74, 6) is 1.51. The van der Waals surface area contributed by atoms with E-state index in [-0.39, 0.29) is 11.9 Å². The number of piperazine rings is 1. The molecule has 7 heteroatoms. The van der Waals surface area contributed by atoms with Crippen molar-refractivity contribution in [3.05, 3.63) is 59.0 Å². The first-order valence-electron chi connectivity index (χ1n) is 10.1. The molecule has 0 bridgehead atoms. The number of nitrogens with zero attached hydrogens (tertiary/aromatic N) is 4. The number of nitrogens with one attached hydrogen (secondary N) is 2. The molecule has 1 aromatic carbocycles. The highest BCUT2D eigenvalue weighted by atomic mass is 19.1. The predicted molar refractivity (Wildman–Crippen MR) is 117 cm³/mol. The zero-order chi connectivity index (χ0) is 20.8. The minimum Gasteiger partial charge on any atom is -0.354 e. The number of halogens is 1. The smallest absolute Gasteiger partial charge is 0.191 e. The highest BCUT2D eigenvalue weighted by Gasteiger charge is 2.15. The monoisotopic (exact) mass is 398 g/mol. The number of aliphatic imine (C=N–C) groups is 1. The molecule has 0 radical (unpaired) electrons. The van der Waals surface area contributed by atoms with E-state index in [1.165, 1.54) is 0 Å². The van der Waals surface area contributed by atoms with Gasteiger partial charge in [-0.05, 0) is 49.7 Å². The van der Waals surface area contributed by atoms with Crippen LogP contribution < -0.4 is 15.5 Å². The van der Waals surface area contributed by atoms with Gasteiger partial charge in [0.05, 0.1) is 6.04 Å². The Kier molecular flexibility index (Phi) is 7.04. The van der Waals surface area contributed by atoms with E-state index in [0.717, 1.165) is 43.1 Å². The fraction of sp³-hybridized carbons (Fsp3) is 0.455. The molecule has 3 rings (SSSR count). The van der Waals surface area contributed by atoms with Crippen LogP contribution in [0.25, 0.3) is 0 Å². The van der Waals surface area contributed by atoms with E-state index in [9.17, 15) is 4.39 Å². The van der Waals surface area contributed by atoms with Crippen LogP contribution >= 0.6 is 0 Å². The minimum absolute atomic E-state index is 0.0611. The molecule has 156 valence electrons. The number of benzene rings is 1. The Morgan fingerprint density at radius 3 is 2.59 bits per heavy atom. The molecule has 1 aliphatic heterocycles. The van der Waals surface area contributed by atoms with Crippen LogP contribution in [0.2, 0.25) is 0 Å². The molecule has 1 aromatic heterocycles. The van der Waals surface area contributed by atoms with Crippen LogP contribution in [0.5, 0.6) is 0 Å². The number of rotatable bonds is 5. The van der Waals surface area contributed by atoms with E-state index in [1.807, 2.05) is 19.2 Å². The first-order valence-corrected chi connectivity index (χ1v) is 10.1. The van der Waals surface area contributed by atoms with Crippen molar-refractivity contribution in [2.75, 3.05) is 45.2 Å². The van der Waals surface area contributed by atoms with Crippen molar-refractivity contribution in [1.29, 1.82) is 0 Å². The third kappa shape index (κ3) is 5.67. The van der Waals surface area contributed by atoms with E-state index in [4.69, 9.17) is 0 Å². The highest BCUT2D eigenvalue weighted by Crippen LogP contribution is 2.16. The largest absolute Gasteiger partial charge is 0.354 e. The molecule has 1 saturated heterocycles. The Bertz CT molecular complexity index is 828. The molecule has 1 fully saturated rings. The van der Waals surface area contributed by atoms with Crippen LogP contribution in [0, 0.1) is 12.7 Å². The van der Waals surface area contributed by atoms with E-state index in [0.29, 0.717) is 18.1 Å². The summed E-state index contributed by atoms with van der Waals surface area (Å²) in [6.45, 7) is 8.52. The highest BCUT2D eigenvalue weighted by molar-refractivity contribution is 5.80. The topological polar surface area (TPSA) is 55.8 Å². The van der Waals surface area contributed by atoms with Gasteiger partial charge in [-0.25, -0.2) is 9.37 Å². The number of guanidine groups is 1. The second kappa shape index (κ2) is 9.69. The van der Waals surface area contributed by atoms with E-state index < -0.39 is 0 Å². The van der Waals surface area contributed by atoms with Crippen LogP contribution in [0.15, 0.2) is 41.5 Å². The van der Waals surface area contributed by atoms with Gasteiger partial charge in [-0.15, -0.1) is 0 Å². The lowest BCUT2D eigenvalue weighted by Gasteiger charge is -2.33. The summed E-state index contributed by atoms with van der Waals surface area (Å²) in [5, 5.41) is 6.61. The standard InChI is InChI=1S/C22H31FN6/c1-16-5-7-19(13-20(16)23)17(2)27-22(24-3)26-15-18-6-8-21(25-14-18)29-11-9-28(4)10-12-29/h5-8,13-14,17H,9-12,15H2,1-4H3,(H2,24,26,27). The van der Waals surface area contributed by atoms with Crippen molar-refractivity contribution in [3.8, 4) is 0 Å². The average Bonchev–Trinajstić information content (AvgIpc) is 2.74. The van der Waals surface area contributed by atoms with Crippen LogP contribution in [0.1, 0.15) is 29.7 Å². The van der Waals surface area contributed by atoms with Gasteiger partial charge in [-0.2, -0.15) is 0 Å². The molecule has 0 saturated carbocycles. The number of aryl methyl sites for hydroxylation is 1. The van der Waals surface area contributed by atoms with Gasteiger partial charge in [0.1, 0.15) is 11.6 Å². The maximum atomic E-state index is 13.8. The summed E-state index contributed by atoms with van der Waals surface area (Å²) in [5.41, 5.74) is 2.62. The van der Waals surface area contributed by atoms with Crippen LogP contribution in [-0.4, -0.2) is 56.1 Å². The van der Waals surface area contributed by atoms with Crippen molar-refractivity contribution >= 4 is 11.8 Å². The van der Waals surface area contributed by atoms with Gasteiger partial charge in [-0.3, -0.25) is 4.99 Å². The number of hydrogen-bond acceptors (Lipinski definition) is 4. The first-order chi connectivity index (χ1) is 14.0. The fourth-order valence-corrected chi connectivity index (χ4v) is 3.29. The molecular formula is C22H31FN6. The molecule has 2 heterocycles. The third-order valence-corrected chi connectivity index (χ3v) is 5.37. The van der Waals surface area contributed by atoms with Crippen LogP contribution in [0.3, 0.4) is 0 Å². The predicted octanol–water partition coefficient (Wildman–Crippen LogP) is 2.71. The summed E-state index contributed by atoms with van der Waals surface area (Å²) in [6, 6.07) is 9.42. The Morgan fingerprint density at radius 1 is 1.21 bits per heavy atom. The molecule has 1 unspecified atom stereocenters. The Morgan fingerprint density at radius 2 is 1.97 bits per heavy atom. The lowest BCUT2D eigenvalue weighted by Crippen LogP contribution is -2.44. The van der Waals surface area contributed by atoms with Gasteiger partial charge in [0.25, 0.3) is 0 Å². The van der Waals surface area contributed by atoms with Crippen molar-refractivity contribution in [2.45, 2.75) is 26.4 Å². The molecule has 1 aliphatic rings. The Labute approximate surface area is 172 Å². The van der Waals surface area contributed by atoms with Gasteiger partial charge in [-0.1, -0.05) is 18.2 Å². The minimum atomic E-state index is -0.189. The molecule has 0 amide bonds. The maximum absolute atomic E-state index is 13.8. The zero-order valence-electron chi connectivity index (χ0n) is 17.7. The number of aromatic nitrogens is 1. The van der Waals surface area contributed by atoms with Gasteiger partial charge in [0.15, 0.2) is 5.96 Å². The maximum Gasteiger partial charge on any atom is 0.191 e. The summed E-state index contributed by atoms with van der Waals surface area (Å²) in [4.78, 5) is 13.5. The normalized spacial score (nSPS) is 16.6. The van der Waals surface area contributed by atoms with Gasteiger partial charge >= 0.3 is 0 Å². The first kappa shape index (κ1) is 21.0. The second-order valence-electron chi connectivity index (χ2n) is 7.62. The van der Waals surface area contributed by atoms with Crippen molar-refractivity contribution in [3.63, 3.8) is 0 Å². The van der Waals surface area contributed by atoms with Gasteiger partial charge < -0.3 is 20.4 Å². The molecule has 29 heavy (non-hydrogen) atoms. The van der Waals surface area contributed by atoms with Crippen molar-refractivity contribution in [1.82, 2.24) is 20.5 Å². The van der Waals surface area contributed by atoms with E-state index >= 15 is 0 Å². The number of anilines is 1. The molecule has 2 N–H and O–H groups in total. The van der Waals surface area contributed by atoms with Crippen molar-refractivity contribution < 1.29 is 4.39 Å². The number of pyridine rings is 1. The SMILES string of the molecule is CN=C(NCc1ccc(N2CCN(C)CC2)nc1)NC(C)c1ccc(C)c(F)c1. The van der Waals surface area contributed by atoms with Crippen molar-refractivity contribution in [2.24, 2.45) is 4.99 Å². The zero-order valence-corrected chi connectivity index (χ0v) is 17.7. The molecule has 0 spiro atoms. The lowest BCUT2D eigenvalue weighted by molar-refractivity contribution is 0.312. The quantitative estimate of drug-likeness (QED) is 0.599. The Hall–Kier alpha value is -2.67. The molecule has 1 atom stereocenters. The van der Waals surface area contributed by atoms with Gasteiger partial charge in [0, 0.05) is 46.0 Å². The molecule has 6 nitrogen and oxygen atoms in total. The summed E-state index contributed by atoms with van der Waals surface area (Å²) >= 11 is 0.